The average molecular weight is 364 g/mol. The van der Waals surface area contributed by atoms with E-state index in [-0.39, 0.29) is 12.5 Å². The van der Waals surface area contributed by atoms with Gasteiger partial charge in [-0.3, -0.25) is 9.20 Å². The van der Waals surface area contributed by atoms with Crippen molar-refractivity contribution in [3.05, 3.63) is 54.3 Å². The van der Waals surface area contributed by atoms with E-state index < -0.39 is 6.17 Å². The summed E-state index contributed by atoms with van der Waals surface area (Å²) < 4.78 is 20.8. The first-order valence-electron chi connectivity index (χ1n) is 8.86. The van der Waals surface area contributed by atoms with Crippen LogP contribution in [0.3, 0.4) is 0 Å². The summed E-state index contributed by atoms with van der Waals surface area (Å²) in [7, 11) is 0. The molecule has 5 rings (SSSR count). The molecule has 1 aromatic carbocycles. The molecular formula is C20H17FN4O2. The number of oxazole rings is 1. The van der Waals surface area contributed by atoms with Crippen molar-refractivity contribution in [3.63, 3.8) is 0 Å². The van der Waals surface area contributed by atoms with Gasteiger partial charge in [0.2, 0.25) is 0 Å². The molecule has 0 spiro atoms. The molecule has 4 aromatic rings. The number of carbonyl (C=O) groups excluding carboxylic acids is 1. The van der Waals surface area contributed by atoms with Gasteiger partial charge < -0.3 is 9.32 Å². The lowest BCUT2D eigenvalue weighted by atomic mass is 10.1. The zero-order valence-electron chi connectivity index (χ0n) is 14.7. The summed E-state index contributed by atoms with van der Waals surface area (Å²) in [6, 6.07) is 9.63. The van der Waals surface area contributed by atoms with Crippen LogP contribution in [0.1, 0.15) is 22.8 Å². The summed E-state index contributed by atoms with van der Waals surface area (Å²) in [5.41, 5.74) is 4.55. The Morgan fingerprint density at radius 3 is 2.93 bits per heavy atom. The Balaban J connectivity index is 1.56. The largest absolute Gasteiger partial charge is 0.441 e. The highest BCUT2D eigenvalue weighted by molar-refractivity contribution is 5.93. The van der Waals surface area contributed by atoms with Crippen LogP contribution in [0.4, 0.5) is 4.39 Å². The Labute approximate surface area is 154 Å². The number of rotatable bonds is 2. The molecule has 4 heterocycles. The number of imidazole rings is 1. The Kier molecular flexibility index (Phi) is 3.50. The molecule has 1 saturated heterocycles. The van der Waals surface area contributed by atoms with Gasteiger partial charge in [0.25, 0.3) is 5.91 Å². The zero-order chi connectivity index (χ0) is 18.5. The molecule has 136 valence electrons. The average Bonchev–Trinajstić information content (AvgIpc) is 3.36. The molecule has 0 radical (unpaired) electrons. The molecule has 27 heavy (non-hydrogen) atoms. The topological polar surface area (TPSA) is 63.6 Å². The summed E-state index contributed by atoms with van der Waals surface area (Å²) in [6.45, 7) is 2.40. The van der Waals surface area contributed by atoms with E-state index in [4.69, 9.17) is 4.42 Å². The van der Waals surface area contributed by atoms with E-state index in [0.717, 1.165) is 22.2 Å². The number of likely N-dealkylation sites (tertiary alicyclic amines) is 1. The Morgan fingerprint density at radius 1 is 1.26 bits per heavy atom. The van der Waals surface area contributed by atoms with Crippen molar-refractivity contribution in [1.82, 2.24) is 19.3 Å². The third kappa shape index (κ3) is 2.66. The molecule has 0 N–H and O–H groups in total. The first-order chi connectivity index (χ1) is 13.1. The fraction of sp³-hybridized carbons (Fsp3) is 0.250. The van der Waals surface area contributed by atoms with Crippen LogP contribution in [0.2, 0.25) is 0 Å². The highest BCUT2D eigenvalue weighted by Crippen LogP contribution is 2.26. The number of nitrogens with zero attached hydrogens (tertiary/aromatic N) is 4. The number of carbonyl (C=O) groups is 1. The van der Waals surface area contributed by atoms with E-state index >= 15 is 0 Å². The number of pyridine rings is 1. The number of alkyl halides is 1. The molecule has 0 saturated carbocycles. The van der Waals surface area contributed by atoms with Gasteiger partial charge in [0.1, 0.15) is 23.0 Å². The van der Waals surface area contributed by atoms with Gasteiger partial charge in [0, 0.05) is 19.7 Å². The van der Waals surface area contributed by atoms with Gasteiger partial charge in [-0.05, 0) is 41.8 Å². The van der Waals surface area contributed by atoms with Gasteiger partial charge in [-0.1, -0.05) is 6.07 Å². The smallest absolute Gasteiger partial charge is 0.272 e. The molecule has 7 heteroatoms. The van der Waals surface area contributed by atoms with Gasteiger partial charge >= 0.3 is 0 Å². The number of hydrogen-bond acceptors (Lipinski definition) is 4. The maximum Gasteiger partial charge on any atom is 0.272 e. The summed E-state index contributed by atoms with van der Waals surface area (Å²) in [6.07, 6.45) is 2.88. The quantitative estimate of drug-likeness (QED) is 0.545. The molecule has 1 amide bonds. The predicted octanol–water partition coefficient (Wildman–Crippen LogP) is 3.63. The minimum absolute atomic E-state index is 0.147. The predicted molar refractivity (Wildman–Crippen MR) is 98.3 cm³/mol. The number of aryl methyl sites for hydroxylation is 1. The Morgan fingerprint density at radius 2 is 2.11 bits per heavy atom. The van der Waals surface area contributed by atoms with Gasteiger partial charge in [0.15, 0.2) is 11.5 Å². The van der Waals surface area contributed by atoms with Crippen LogP contribution in [0.25, 0.3) is 27.9 Å². The van der Waals surface area contributed by atoms with E-state index in [9.17, 15) is 9.18 Å². The van der Waals surface area contributed by atoms with Crippen LogP contribution in [-0.2, 0) is 0 Å². The number of halogens is 1. The fourth-order valence-electron chi connectivity index (χ4n) is 3.60. The van der Waals surface area contributed by atoms with Crippen molar-refractivity contribution in [2.75, 3.05) is 13.1 Å². The van der Waals surface area contributed by atoms with Crippen molar-refractivity contribution < 1.29 is 13.6 Å². The van der Waals surface area contributed by atoms with Crippen molar-refractivity contribution in [2.45, 2.75) is 19.5 Å². The lowest BCUT2D eigenvalue weighted by Crippen LogP contribution is -2.29. The van der Waals surface area contributed by atoms with Crippen molar-refractivity contribution in [2.24, 2.45) is 0 Å². The van der Waals surface area contributed by atoms with Crippen LogP contribution in [0.15, 0.2) is 47.1 Å². The monoisotopic (exact) mass is 364 g/mol. The summed E-state index contributed by atoms with van der Waals surface area (Å²) in [5, 5.41) is 0. The summed E-state index contributed by atoms with van der Waals surface area (Å²) in [5.74, 6) is 0.430. The highest BCUT2D eigenvalue weighted by atomic mass is 19.1. The lowest BCUT2D eigenvalue weighted by molar-refractivity contribution is 0.0776. The zero-order valence-corrected chi connectivity index (χ0v) is 14.7. The fourth-order valence-corrected chi connectivity index (χ4v) is 3.60. The normalized spacial score (nSPS) is 17.3. The molecular weight excluding hydrogens is 347 g/mol. The van der Waals surface area contributed by atoms with Gasteiger partial charge in [-0.25, -0.2) is 14.4 Å². The first-order valence-corrected chi connectivity index (χ1v) is 8.86. The molecule has 3 aromatic heterocycles. The molecule has 1 aliphatic rings. The second kappa shape index (κ2) is 5.90. The minimum Gasteiger partial charge on any atom is -0.441 e. The number of aromatic nitrogens is 3. The second-order valence-electron chi connectivity index (χ2n) is 6.84. The van der Waals surface area contributed by atoms with E-state index in [2.05, 4.69) is 9.97 Å². The SMILES string of the molecule is Cc1nc2cc(-c3ccc4ncc(C(=O)N5CC[C@H](F)C5)n4c3)ccc2o1. The summed E-state index contributed by atoms with van der Waals surface area (Å²) >= 11 is 0. The molecule has 1 aliphatic heterocycles. The van der Waals surface area contributed by atoms with Gasteiger partial charge in [-0.15, -0.1) is 0 Å². The number of benzene rings is 1. The molecule has 1 fully saturated rings. The Bertz CT molecular complexity index is 1180. The first kappa shape index (κ1) is 16.0. The van der Waals surface area contributed by atoms with Crippen LogP contribution < -0.4 is 0 Å². The van der Waals surface area contributed by atoms with Crippen LogP contribution in [-0.4, -0.2) is 44.4 Å². The molecule has 0 bridgehead atoms. The van der Waals surface area contributed by atoms with E-state index in [0.29, 0.717) is 30.2 Å². The molecule has 1 atom stereocenters. The maximum atomic E-state index is 13.5. The number of amides is 1. The van der Waals surface area contributed by atoms with E-state index in [1.165, 1.54) is 0 Å². The molecule has 0 aliphatic carbocycles. The van der Waals surface area contributed by atoms with Crippen molar-refractivity contribution in [3.8, 4) is 11.1 Å². The number of hydrogen-bond donors (Lipinski definition) is 0. The van der Waals surface area contributed by atoms with E-state index in [1.54, 1.807) is 15.5 Å². The Hall–Kier alpha value is -3.22. The maximum absolute atomic E-state index is 13.5. The van der Waals surface area contributed by atoms with Crippen LogP contribution in [0, 0.1) is 6.92 Å². The third-order valence-corrected chi connectivity index (χ3v) is 4.97. The molecule has 6 nitrogen and oxygen atoms in total. The standard InChI is InChI=1S/C20H17FN4O2/c1-12-23-16-8-13(2-4-18(16)27-12)14-3-5-19-22-9-17(25(19)10-14)20(26)24-7-6-15(21)11-24/h2-5,8-10,15H,6-7,11H2,1H3/t15-/m0/s1. The molecule has 0 unspecified atom stereocenters. The second-order valence-corrected chi connectivity index (χ2v) is 6.84. The van der Waals surface area contributed by atoms with E-state index in [1.807, 2.05) is 43.5 Å². The third-order valence-electron chi connectivity index (χ3n) is 4.97. The van der Waals surface area contributed by atoms with Crippen molar-refractivity contribution in [1.29, 1.82) is 0 Å². The summed E-state index contributed by atoms with van der Waals surface area (Å²) in [4.78, 5) is 23.0. The van der Waals surface area contributed by atoms with Gasteiger partial charge in [-0.2, -0.15) is 0 Å². The minimum atomic E-state index is -0.943. The van der Waals surface area contributed by atoms with Crippen LogP contribution in [0.5, 0.6) is 0 Å². The lowest BCUT2D eigenvalue weighted by Gasteiger charge is -2.14. The van der Waals surface area contributed by atoms with Crippen LogP contribution >= 0.6 is 0 Å². The van der Waals surface area contributed by atoms with Crippen molar-refractivity contribution >= 4 is 22.7 Å². The number of fused-ring (bicyclic) bond motifs is 2. The highest BCUT2D eigenvalue weighted by Gasteiger charge is 2.28. The van der Waals surface area contributed by atoms with Gasteiger partial charge in [0.05, 0.1) is 12.7 Å².